The van der Waals surface area contributed by atoms with Gasteiger partial charge < -0.3 is 14.8 Å². The highest BCUT2D eigenvalue weighted by molar-refractivity contribution is 5.80. The highest BCUT2D eigenvalue weighted by Crippen LogP contribution is 2.23. The van der Waals surface area contributed by atoms with Gasteiger partial charge in [0.25, 0.3) is 0 Å². The van der Waals surface area contributed by atoms with E-state index < -0.39 is 5.54 Å². The second kappa shape index (κ2) is 6.21. The molecule has 0 spiro atoms. The smallest absolute Gasteiger partial charge is 0.328 e. The first-order chi connectivity index (χ1) is 7.62. The van der Waals surface area contributed by atoms with E-state index in [1.54, 1.807) is 0 Å². The fourth-order valence-electron chi connectivity index (χ4n) is 1.63. The number of methoxy groups -OCH3 is 1. The number of hydrogen-bond donors (Lipinski definition) is 1. The summed E-state index contributed by atoms with van der Waals surface area (Å²) >= 11 is 0. The quantitative estimate of drug-likeness (QED) is 0.672. The summed E-state index contributed by atoms with van der Waals surface area (Å²) in [5.41, 5.74) is -0.708. The third kappa shape index (κ3) is 3.46. The molecular weight excluding hydrogens is 206 g/mol. The summed E-state index contributed by atoms with van der Waals surface area (Å²) in [4.78, 5) is 11.7. The Morgan fingerprint density at radius 2 is 2.19 bits per heavy atom. The molecule has 1 aliphatic rings. The molecule has 94 valence electrons. The van der Waals surface area contributed by atoms with Crippen molar-refractivity contribution in [1.29, 1.82) is 0 Å². The third-order valence-corrected chi connectivity index (χ3v) is 3.06. The van der Waals surface area contributed by atoms with Gasteiger partial charge in [-0.1, -0.05) is 6.92 Å². The Hall–Kier alpha value is -0.610. The van der Waals surface area contributed by atoms with Crippen LogP contribution in [-0.4, -0.2) is 37.9 Å². The fourth-order valence-corrected chi connectivity index (χ4v) is 1.63. The van der Waals surface area contributed by atoms with Gasteiger partial charge in [-0.15, -0.1) is 0 Å². The van der Waals surface area contributed by atoms with Gasteiger partial charge in [0.1, 0.15) is 5.54 Å². The second-order valence-electron chi connectivity index (χ2n) is 4.61. The van der Waals surface area contributed by atoms with Crippen molar-refractivity contribution in [3.05, 3.63) is 0 Å². The second-order valence-corrected chi connectivity index (χ2v) is 4.61. The van der Waals surface area contributed by atoms with Gasteiger partial charge in [0.05, 0.1) is 19.8 Å². The van der Waals surface area contributed by atoms with Crippen molar-refractivity contribution in [2.75, 3.05) is 20.3 Å². The number of carbonyl (C=O) groups excluding carboxylic acids is 1. The molecule has 1 aliphatic carbocycles. The third-order valence-electron chi connectivity index (χ3n) is 3.06. The lowest BCUT2D eigenvalue weighted by atomic mass is 9.95. The van der Waals surface area contributed by atoms with E-state index in [9.17, 15) is 4.79 Å². The number of nitrogens with one attached hydrogen (secondary N) is 1. The van der Waals surface area contributed by atoms with Crippen LogP contribution in [0.4, 0.5) is 0 Å². The summed E-state index contributed by atoms with van der Waals surface area (Å²) in [5.74, 6) is -0.250. The molecule has 0 aromatic rings. The van der Waals surface area contributed by atoms with Gasteiger partial charge in [0.2, 0.25) is 0 Å². The first-order valence-electron chi connectivity index (χ1n) is 6.07. The van der Waals surface area contributed by atoms with Gasteiger partial charge in [0, 0.05) is 0 Å². The Labute approximate surface area is 97.7 Å². The number of carbonyl (C=O) groups is 1. The van der Waals surface area contributed by atoms with Crippen molar-refractivity contribution in [1.82, 2.24) is 5.32 Å². The molecule has 1 atom stereocenters. The molecule has 4 heteroatoms. The zero-order chi connectivity index (χ0) is 12.0. The summed E-state index contributed by atoms with van der Waals surface area (Å²) < 4.78 is 10.5. The zero-order valence-electron chi connectivity index (χ0n) is 10.5. The normalized spacial score (nSPS) is 19.9. The molecule has 0 aromatic carbocycles. The van der Waals surface area contributed by atoms with Gasteiger partial charge in [0.15, 0.2) is 0 Å². The summed E-state index contributed by atoms with van der Waals surface area (Å²) in [6, 6.07) is 0. The van der Waals surface area contributed by atoms with Crippen molar-refractivity contribution in [3.63, 3.8) is 0 Å². The minimum atomic E-state index is -0.708. The lowest BCUT2D eigenvalue weighted by Crippen LogP contribution is -2.54. The van der Waals surface area contributed by atoms with Gasteiger partial charge >= 0.3 is 5.97 Å². The molecule has 0 heterocycles. The van der Waals surface area contributed by atoms with Crippen LogP contribution < -0.4 is 5.32 Å². The molecule has 1 rings (SSSR count). The van der Waals surface area contributed by atoms with Crippen molar-refractivity contribution in [2.45, 2.75) is 51.2 Å². The Kier molecular flexibility index (Phi) is 5.22. The van der Waals surface area contributed by atoms with Gasteiger partial charge in [-0.3, -0.25) is 0 Å². The van der Waals surface area contributed by atoms with Crippen LogP contribution in [0.15, 0.2) is 0 Å². The van der Waals surface area contributed by atoms with E-state index in [-0.39, 0.29) is 5.97 Å². The van der Waals surface area contributed by atoms with E-state index in [0.29, 0.717) is 12.7 Å². The largest absolute Gasteiger partial charge is 0.468 e. The van der Waals surface area contributed by atoms with E-state index in [0.717, 1.165) is 25.8 Å². The molecule has 1 unspecified atom stereocenters. The molecule has 0 saturated heterocycles. The lowest BCUT2D eigenvalue weighted by Gasteiger charge is -2.32. The standard InChI is InChI=1S/C12H23NO3/c1-4-8-13-12(2,11(14)15-3)9-16-10-6-5-7-10/h10,13H,4-9H2,1-3H3. The van der Waals surface area contributed by atoms with Crippen LogP contribution in [0.1, 0.15) is 39.5 Å². The molecular formula is C12H23NO3. The van der Waals surface area contributed by atoms with Crippen LogP contribution in [0.3, 0.4) is 0 Å². The molecule has 0 amide bonds. The minimum absolute atomic E-state index is 0.250. The minimum Gasteiger partial charge on any atom is -0.468 e. The molecule has 0 aliphatic heterocycles. The van der Waals surface area contributed by atoms with E-state index in [2.05, 4.69) is 12.2 Å². The fraction of sp³-hybridized carbons (Fsp3) is 0.917. The summed E-state index contributed by atoms with van der Waals surface area (Å²) in [7, 11) is 1.41. The van der Waals surface area contributed by atoms with E-state index in [4.69, 9.17) is 9.47 Å². The van der Waals surface area contributed by atoms with Crippen molar-refractivity contribution >= 4 is 5.97 Å². The molecule has 16 heavy (non-hydrogen) atoms. The summed E-state index contributed by atoms with van der Waals surface area (Å²) in [6.45, 7) is 5.09. The van der Waals surface area contributed by atoms with Crippen LogP contribution in [0.2, 0.25) is 0 Å². The average molecular weight is 229 g/mol. The van der Waals surface area contributed by atoms with Gasteiger partial charge in [-0.25, -0.2) is 4.79 Å². The molecule has 1 saturated carbocycles. The van der Waals surface area contributed by atoms with Crippen LogP contribution in [0.25, 0.3) is 0 Å². The van der Waals surface area contributed by atoms with Crippen LogP contribution in [-0.2, 0) is 14.3 Å². The van der Waals surface area contributed by atoms with E-state index in [1.807, 2.05) is 6.92 Å². The Morgan fingerprint density at radius 1 is 1.50 bits per heavy atom. The topological polar surface area (TPSA) is 47.6 Å². The number of rotatable bonds is 7. The van der Waals surface area contributed by atoms with E-state index in [1.165, 1.54) is 13.5 Å². The summed E-state index contributed by atoms with van der Waals surface area (Å²) in [6.07, 6.45) is 4.79. The predicted octanol–water partition coefficient (Wildman–Crippen LogP) is 1.49. The van der Waals surface area contributed by atoms with Crippen molar-refractivity contribution in [3.8, 4) is 0 Å². The highest BCUT2D eigenvalue weighted by Gasteiger charge is 2.35. The molecule has 0 radical (unpaired) electrons. The zero-order valence-corrected chi connectivity index (χ0v) is 10.5. The van der Waals surface area contributed by atoms with Crippen LogP contribution in [0, 0.1) is 0 Å². The Morgan fingerprint density at radius 3 is 2.62 bits per heavy atom. The molecule has 0 bridgehead atoms. The van der Waals surface area contributed by atoms with E-state index >= 15 is 0 Å². The molecule has 1 fully saturated rings. The van der Waals surface area contributed by atoms with Crippen molar-refractivity contribution in [2.24, 2.45) is 0 Å². The maximum atomic E-state index is 11.7. The number of esters is 1. The molecule has 4 nitrogen and oxygen atoms in total. The predicted molar refractivity (Wildman–Crippen MR) is 62.3 cm³/mol. The maximum absolute atomic E-state index is 11.7. The Bertz CT molecular complexity index is 228. The van der Waals surface area contributed by atoms with Gasteiger partial charge in [-0.05, 0) is 39.2 Å². The SMILES string of the molecule is CCCNC(C)(COC1CCC1)C(=O)OC. The number of ether oxygens (including phenoxy) is 2. The van der Waals surface area contributed by atoms with Gasteiger partial charge in [-0.2, -0.15) is 0 Å². The first kappa shape index (κ1) is 13.5. The number of hydrogen-bond acceptors (Lipinski definition) is 4. The average Bonchev–Trinajstić information content (AvgIpc) is 2.23. The molecule has 0 aromatic heterocycles. The molecule has 1 N–H and O–H groups in total. The first-order valence-corrected chi connectivity index (χ1v) is 6.07. The Balaban J connectivity index is 2.43. The lowest BCUT2D eigenvalue weighted by molar-refractivity contribution is -0.152. The monoisotopic (exact) mass is 229 g/mol. The highest BCUT2D eigenvalue weighted by atomic mass is 16.5. The maximum Gasteiger partial charge on any atom is 0.328 e. The van der Waals surface area contributed by atoms with Crippen LogP contribution in [0.5, 0.6) is 0 Å². The summed E-state index contributed by atoms with van der Waals surface area (Å²) in [5, 5.41) is 3.20. The van der Waals surface area contributed by atoms with Crippen molar-refractivity contribution < 1.29 is 14.3 Å². The van der Waals surface area contributed by atoms with Crippen LogP contribution >= 0.6 is 0 Å².